The normalized spacial score (nSPS) is 12.3. The third-order valence-electron chi connectivity index (χ3n) is 3.47. The van der Waals surface area contributed by atoms with Crippen LogP contribution in [-0.4, -0.2) is 33.6 Å². The number of benzene rings is 2. The molecule has 0 aromatic heterocycles. The highest BCUT2D eigenvalue weighted by Gasteiger charge is 2.16. The minimum absolute atomic E-state index is 0.0738. The summed E-state index contributed by atoms with van der Waals surface area (Å²) in [4.78, 5) is 23.7. The zero-order valence-electron chi connectivity index (χ0n) is 13.8. The Hall–Kier alpha value is -3.31. The fraction of sp³-hybridized carbons (Fsp3) is 0.125. The number of ether oxygens (including phenoxy) is 3. The smallest absolute Gasteiger partial charge is 0.276 e. The first-order valence-electron chi connectivity index (χ1n) is 7.57. The van der Waals surface area contributed by atoms with E-state index in [1.54, 1.807) is 6.07 Å². The van der Waals surface area contributed by atoms with Crippen LogP contribution >= 0.6 is 0 Å². The van der Waals surface area contributed by atoms with Crippen molar-refractivity contribution in [1.82, 2.24) is 10.9 Å². The fourth-order valence-electron chi connectivity index (χ4n) is 2.15. The summed E-state index contributed by atoms with van der Waals surface area (Å²) >= 11 is 0. The number of sulfonamides is 1. The lowest BCUT2D eigenvalue weighted by Gasteiger charge is -2.09. The highest BCUT2D eigenvalue weighted by Crippen LogP contribution is 2.32. The van der Waals surface area contributed by atoms with Crippen molar-refractivity contribution in [3.05, 3.63) is 48.0 Å². The number of amides is 2. The Labute approximate surface area is 154 Å². The molecule has 1 aliphatic rings. The van der Waals surface area contributed by atoms with E-state index in [-0.39, 0.29) is 23.0 Å². The minimum Gasteiger partial charge on any atom is -0.484 e. The number of rotatable bonds is 5. The second kappa shape index (κ2) is 7.51. The van der Waals surface area contributed by atoms with E-state index in [9.17, 15) is 18.0 Å². The number of nitrogens with one attached hydrogen (secondary N) is 2. The Morgan fingerprint density at radius 3 is 2.44 bits per heavy atom. The zero-order valence-corrected chi connectivity index (χ0v) is 14.6. The molecule has 0 radical (unpaired) electrons. The van der Waals surface area contributed by atoms with E-state index in [4.69, 9.17) is 19.3 Å². The predicted molar refractivity (Wildman–Crippen MR) is 91.5 cm³/mol. The summed E-state index contributed by atoms with van der Waals surface area (Å²) in [6.45, 7) is -0.303. The van der Waals surface area contributed by atoms with Gasteiger partial charge in [0.1, 0.15) is 5.75 Å². The second-order valence-corrected chi connectivity index (χ2v) is 6.94. The van der Waals surface area contributed by atoms with Gasteiger partial charge >= 0.3 is 0 Å². The van der Waals surface area contributed by atoms with Crippen LogP contribution < -0.4 is 30.2 Å². The van der Waals surface area contributed by atoms with Crippen molar-refractivity contribution < 1.29 is 32.2 Å². The lowest BCUT2D eigenvalue weighted by atomic mass is 10.2. The monoisotopic (exact) mass is 393 g/mol. The number of primary sulfonamides is 1. The van der Waals surface area contributed by atoms with Gasteiger partial charge in [0.05, 0.1) is 4.90 Å². The number of carbonyl (C=O) groups excluding carboxylic acids is 2. The number of hydrogen-bond acceptors (Lipinski definition) is 7. The molecule has 142 valence electrons. The fourth-order valence-corrected chi connectivity index (χ4v) is 2.66. The molecule has 0 saturated heterocycles. The van der Waals surface area contributed by atoms with Crippen molar-refractivity contribution >= 4 is 21.8 Å². The third-order valence-corrected chi connectivity index (χ3v) is 4.40. The highest BCUT2D eigenvalue weighted by molar-refractivity contribution is 7.89. The van der Waals surface area contributed by atoms with E-state index in [1.807, 2.05) is 0 Å². The van der Waals surface area contributed by atoms with Crippen LogP contribution in [0, 0.1) is 0 Å². The molecule has 0 spiro atoms. The van der Waals surface area contributed by atoms with Gasteiger partial charge in [-0.25, -0.2) is 13.6 Å². The maximum absolute atomic E-state index is 12.0. The molecule has 0 unspecified atom stereocenters. The summed E-state index contributed by atoms with van der Waals surface area (Å²) in [6, 6.07) is 9.84. The van der Waals surface area contributed by atoms with Gasteiger partial charge in [-0.2, -0.15) is 0 Å². The minimum atomic E-state index is -3.80. The van der Waals surface area contributed by atoms with Gasteiger partial charge in [-0.15, -0.1) is 0 Å². The average molecular weight is 393 g/mol. The summed E-state index contributed by atoms with van der Waals surface area (Å²) in [5.41, 5.74) is 4.72. The maximum atomic E-state index is 12.0. The lowest BCUT2D eigenvalue weighted by Crippen LogP contribution is -2.43. The Morgan fingerprint density at radius 1 is 1.04 bits per heavy atom. The standard InChI is InChI=1S/C16H15N3O7S/c17-27(22,23)12-4-2-11(3-5-12)24-8-15(20)18-19-16(21)10-1-6-13-14(7-10)26-9-25-13/h1-7H,8-9H2,(H,18,20)(H,19,21)(H2,17,22,23). The van der Waals surface area contributed by atoms with Crippen molar-refractivity contribution in [1.29, 1.82) is 0 Å². The van der Waals surface area contributed by atoms with Crippen LogP contribution in [-0.2, 0) is 14.8 Å². The van der Waals surface area contributed by atoms with E-state index in [2.05, 4.69) is 10.9 Å². The number of fused-ring (bicyclic) bond motifs is 1. The van der Waals surface area contributed by atoms with Crippen LogP contribution in [0.2, 0.25) is 0 Å². The Bertz CT molecular complexity index is 974. The van der Waals surface area contributed by atoms with Crippen LogP contribution in [0.15, 0.2) is 47.4 Å². The number of hydrazine groups is 1. The first-order chi connectivity index (χ1) is 12.8. The SMILES string of the molecule is NS(=O)(=O)c1ccc(OCC(=O)NNC(=O)c2ccc3c(c2)OCO3)cc1. The van der Waals surface area contributed by atoms with Crippen molar-refractivity contribution in [3.63, 3.8) is 0 Å². The molecule has 0 fully saturated rings. The molecule has 3 rings (SSSR count). The van der Waals surface area contributed by atoms with Crippen molar-refractivity contribution in [2.45, 2.75) is 4.90 Å². The molecule has 0 saturated carbocycles. The molecule has 0 atom stereocenters. The van der Waals surface area contributed by atoms with Crippen LogP contribution in [0.1, 0.15) is 10.4 Å². The molecule has 2 aromatic rings. The Balaban J connectivity index is 1.47. The first kappa shape index (κ1) is 18.5. The summed E-state index contributed by atoms with van der Waals surface area (Å²) in [5, 5.41) is 4.99. The lowest BCUT2D eigenvalue weighted by molar-refractivity contribution is -0.123. The van der Waals surface area contributed by atoms with Gasteiger partial charge < -0.3 is 14.2 Å². The van der Waals surface area contributed by atoms with Gasteiger partial charge in [0.15, 0.2) is 18.1 Å². The molecule has 11 heteroatoms. The van der Waals surface area contributed by atoms with Gasteiger partial charge in [-0.05, 0) is 42.5 Å². The largest absolute Gasteiger partial charge is 0.484 e. The molecular formula is C16H15N3O7S. The summed E-state index contributed by atoms with van der Waals surface area (Å²) in [5.74, 6) is 0.0936. The molecule has 1 aliphatic heterocycles. The van der Waals surface area contributed by atoms with E-state index >= 15 is 0 Å². The average Bonchev–Trinajstić information content (AvgIpc) is 3.11. The Morgan fingerprint density at radius 2 is 1.74 bits per heavy atom. The topological polar surface area (TPSA) is 146 Å². The molecule has 4 N–H and O–H groups in total. The second-order valence-electron chi connectivity index (χ2n) is 5.38. The summed E-state index contributed by atoms with van der Waals surface area (Å²) in [7, 11) is -3.80. The van der Waals surface area contributed by atoms with Crippen molar-refractivity contribution in [2.24, 2.45) is 5.14 Å². The molecular weight excluding hydrogens is 378 g/mol. The zero-order chi connectivity index (χ0) is 19.4. The predicted octanol–water partition coefficient (Wildman–Crippen LogP) is -0.0973. The van der Waals surface area contributed by atoms with Crippen molar-refractivity contribution in [3.8, 4) is 17.2 Å². The molecule has 1 heterocycles. The van der Waals surface area contributed by atoms with Crippen LogP contribution in [0.25, 0.3) is 0 Å². The van der Waals surface area contributed by atoms with Crippen LogP contribution in [0.4, 0.5) is 0 Å². The molecule has 2 aromatic carbocycles. The highest BCUT2D eigenvalue weighted by atomic mass is 32.2. The van der Waals surface area contributed by atoms with Gasteiger partial charge in [0.25, 0.3) is 11.8 Å². The molecule has 0 aliphatic carbocycles. The van der Waals surface area contributed by atoms with E-state index in [1.165, 1.54) is 36.4 Å². The van der Waals surface area contributed by atoms with Crippen LogP contribution in [0.5, 0.6) is 17.2 Å². The van der Waals surface area contributed by atoms with Gasteiger partial charge in [-0.1, -0.05) is 0 Å². The maximum Gasteiger partial charge on any atom is 0.276 e. The van der Waals surface area contributed by atoms with Crippen LogP contribution in [0.3, 0.4) is 0 Å². The number of hydrogen-bond donors (Lipinski definition) is 3. The van der Waals surface area contributed by atoms with Gasteiger partial charge in [0.2, 0.25) is 16.8 Å². The van der Waals surface area contributed by atoms with E-state index in [0.29, 0.717) is 11.5 Å². The molecule has 0 bridgehead atoms. The summed E-state index contributed by atoms with van der Waals surface area (Å²) in [6.07, 6.45) is 0. The quantitative estimate of drug-likeness (QED) is 0.601. The first-order valence-corrected chi connectivity index (χ1v) is 9.12. The molecule has 10 nitrogen and oxygen atoms in total. The Kier molecular flexibility index (Phi) is 5.14. The van der Waals surface area contributed by atoms with Gasteiger partial charge in [-0.3, -0.25) is 20.4 Å². The molecule has 2 amide bonds. The number of nitrogens with two attached hydrogens (primary N) is 1. The number of carbonyl (C=O) groups is 2. The third kappa shape index (κ3) is 4.65. The van der Waals surface area contributed by atoms with Crippen molar-refractivity contribution in [2.75, 3.05) is 13.4 Å². The molecule has 27 heavy (non-hydrogen) atoms. The summed E-state index contributed by atoms with van der Waals surface area (Å²) < 4.78 is 37.8. The van der Waals surface area contributed by atoms with Gasteiger partial charge in [0, 0.05) is 5.56 Å². The van der Waals surface area contributed by atoms with E-state index in [0.717, 1.165) is 0 Å². The van der Waals surface area contributed by atoms with E-state index < -0.39 is 28.4 Å².